The number of nitrogens with one attached hydrogen (secondary N) is 2. The number of benzene rings is 1. The van der Waals surface area contributed by atoms with Gasteiger partial charge in [0, 0.05) is 16.6 Å². The molecule has 1 unspecified atom stereocenters. The first-order valence-corrected chi connectivity index (χ1v) is 10.1. The summed E-state index contributed by atoms with van der Waals surface area (Å²) in [7, 11) is 0. The first kappa shape index (κ1) is 23.0. The SMILES string of the molecule is CC(C)(C)C(O)CNC(=O)Nc1snc(OCc2ccc(Br)cc2F)c1C(=O)O. The van der Waals surface area contributed by atoms with Gasteiger partial charge in [-0.2, -0.15) is 4.37 Å². The quantitative estimate of drug-likeness (QED) is 0.468. The summed E-state index contributed by atoms with van der Waals surface area (Å²) < 4.78 is 23.7. The van der Waals surface area contributed by atoms with E-state index in [1.165, 1.54) is 12.1 Å². The minimum atomic E-state index is -1.35. The number of aliphatic hydroxyl groups is 1. The van der Waals surface area contributed by atoms with Crippen LogP contribution in [-0.4, -0.2) is 39.2 Å². The lowest BCUT2D eigenvalue weighted by atomic mass is 9.89. The van der Waals surface area contributed by atoms with E-state index in [1.807, 2.05) is 20.8 Å². The molecule has 0 fully saturated rings. The van der Waals surface area contributed by atoms with Gasteiger partial charge in [0.25, 0.3) is 0 Å². The van der Waals surface area contributed by atoms with Crippen LogP contribution in [0.2, 0.25) is 0 Å². The van der Waals surface area contributed by atoms with E-state index in [0.29, 0.717) is 4.47 Å². The highest BCUT2D eigenvalue weighted by Crippen LogP contribution is 2.31. The summed E-state index contributed by atoms with van der Waals surface area (Å²) in [4.78, 5) is 23.6. The van der Waals surface area contributed by atoms with Crippen LogP contribution in [0.3, 0.4) is 0 Å². The van der Waals surface area contributed by atoms with Gasteiger partial charge in [0.2, 0.25) is 5.88 Å². The number of rotatable bonds is 7. The zero-order chi connectivity index (χ0) is 21.8. The highest BCUT2D eigenvalue weighted by atomic mass is 79.9. The molecule has 11 heteroatoms. The van der Waals surface area contributed by atoms with Gasteiger partial charge in [-0.3, -0.25) is 5.32 Å². The van der Waals surface area contributed by atoms with Crippen LogP contribution in [0.5, 0.6) is 5.88 Å². The predicted molar refractivity (Wildman–Crippen MR) is 110 cm³/mol. The number of carbonyl (C=O) groups is 2. The van der Waals surface area contributed by atoms with E-state index < -0.39 is 29.3 Å². The number of halogens is 2. The number of carboxylic acids is 1. The van der Waals surface area contributed by atoms with Crippen LogP contribution in [-0.2, 0) is 6.61 Å². The lowest BCUT2D eigenvalue weighted by Gasteiger charge is -2.25. The summed E-state index contributed by atoms with van der Waals surface area (Å²) in [5.41, 5.74) is -0.534. The molecule has 2 amide bonds. The summed E-state index contributed by atoms with van der Waals surface area (Å²) in [6, 6.07) is 3.70. The topological polar surface area (TPSA) is 121 Å². The number of anilines is 1. The Bertz CT molecular complexity index is 900. The Labute approximate surface area is 179 Å². The van der Waals surface area contributed by atoms with Gasteiger partial charge in [0.1, 0.15) is 17.4 Å². The van der Waals surface area contributed by atoms with Crippen LogP contribution >= 0.6 is 27.5 Å². The van der Waals surface area contributed by atoms with Crippen molar-refractivity contribution < 1.29 is 28.9 Å². The van der Waals surface area contributed by atoms with E-state index in [9.17, 15) is 24.2 Å². The molecule has 0 spiro atoms. The molecular weight excluding hydrogens is 469 g/mol. The van der Waals surface area contributed by atoms with Gasteiger partial charge < -0.3 is 20.3 Å². The molecule has 158 valence electrons. The molecule has 1 aromatic heterocycles. The fourth-order valence-electron chi connectivity index (χ4n) is 2.08. The second kappa shape index (κ2) is 9.51. The highest BCUT2D eigenvalue weighted by Gasteiger charge is 2.25. The second-order valence-corrected chi connectivity index (χ2v) is 8.93. The number of aliphatic hydroxyl groups excluding tert-OH is 1. The molecule has 29 heavy (non-hydrogen) atoms. The van der Waals surface area contributed by atoms with Crippen LogP contribution in [0.4, 0.5) is 14.2 Å². The smallest absolute Gasteiger partial charge is 0.344 e. The molecule has 0 bridgehead atoms. The van der Waals surface area contributed by atoms with E-state index in [4.69, 9.17) is 4.74 Å². The summed E-state index contributed by atoms with van der Waals surface area (Å²) in [6.07, 6.45) is -0.784. The van der Waals surface area contributed by atoms with Crippen molar-refractivity contribution in [3.05, 3.63) is 39.6 Å². The number of carbonyl (C=O) groups excluding carboxylic acids is 1. The standard InChI is InChI=1S/C18H21BrFN3O5S/c1-18(2,3)12(24)7-21-17(27)22-15-13(16(25)26)14(23-29-15)28-8-9-4-5-10(19)6-11(9)20/h4-6,12,24H,7-8H2,1-3H3,(H,25,26)(H2,21,22,27). The molecule has 8 nitrogen and oxygen atoms in total. The fourth-order valence-corrected chi connectivity index (χ4v) is 3.13. The van der Waals surface area contributed by atoms with Crippen molar-refractivity contribution in [2.75, 3.05) is 11.9 Å². The minimum absolute atomic E-state index is 0.0112. The third-order valence-electron chi connectivity index (χ3n) is 3.94. The Morgan fingerprint density at radius 2 is 2.07 bits per heavy atom. The third-order valence-corrected chi connectivity index (χ3v) is 5.18. The molecule has 2 aromatic rings. The van der Waals surface area contributed by atoms with Crippen molar-refractivity contribution in [1.82, 2.24) is 9.69 Å². The van der Waals surface area contributed by atoms with Crippen LogP contribution in [0, 0.1) is 11.2 Å². The average Bonchev–Trinajstić information content (AvgIpc) is 3.00. The Morgan fingerprint density at radius 3 is 2.66 bits per heavy atom. The van der Waals surface area contributed by atoms with Crippen LogP contribution in [0.15, 0.2) is 22.7 Å². The molecule has 0 aliphatic heterocycles. The number of hydrogen-bond donors (Lipinski definition) is 4. The monoisotopic (exact) mass is 489 g/mol. The number of ether oxygens (including phenoxy) is 1. The Hall–Kier alpha value is -2.24. The zero-order valence-corrected chi connectivity index (χ0v) is 18.4. The van der Waals surface area contributed by atoms with Gasteiger partial charge >= 0.3 is 12.0 Å². The molecular formula is C18H21BrFN3O5S. The number of nitrogens with zero attached hydrogens (tertiary/aromatic N) is 1. The van der Waals surface area contributed by atoms with Crippen molar-refractivity contribution in [1.29, 1.82) is 0 Å². The first-order valence-electron chi connectivity index (χ1n) is 8.51. The number of carboxylic acid groups (broad SMARTS) is 1. The minimum Gasteiger partial charge on any atom is -0.477 e. The summed E-state index contributed by atoms with van der Waals surface area (Å²) in [6.45, 7) is 5.22. The van der Waals surface area contributed by atoms with E-state index in [1.54, 1.807) is 6.07 Å². The van der Waals surface area contributed by atoms with Crippen LogP contribution in [0.1, 0.15) is 36.7 Å². The molecule has 0 saturated heterocycles. The van der Waals surface area contributed by atoms with Crippen LogP contribution < -0.4 is 15.4 Å². The Kier molecular flexibility index (Phi) is 7.55. The van der Waals surface area contributed by atoms with Gasteiger partial charge in [0.05, 0.1) is 6.10 Å². The average molecular weight is 490 g/mol. The Balaban J connectivity index is 2.06. The molecule has 2 rings (SSSR count). The number of aromatic nitrogens is 1. The molecule has 4 N–H and O–H groups in total. The second-order valence-electron chi connectivity index (χ2n) is 7.24. The van der Waals surface area contributed by atoms with Crippen molar-refractivity contribution in [2.24, 2.45) is 5.41 Å². The van der Waals surface area contributed by atoms with Crippen molar-refractivity contribution in [3.63, 3.8) is 0 Å². The van der Waals surface area contributed by atoms with E-state index >= 15 is 0 Å². The molecule has 1 aromatic carbocycles. The highest BCUT2D eigenvalue weighted by molar-refractivity contribution is 9.10. The lowest BCUT2D eigenvalue weighted by molar-refractivity contribution is 0.0654. The van der Waals surface area contributed by atoms with E-state index in [2.05, 4.69) is 30.9 Å². The van der Waals surface area contributed by atoms with E-state index in [-0.39, 0.29) is 35.2 Å². The molecule has 0 aliphatic carbocycles. The molecule has 0 radical (unpaired) electrons. The van der Waals surface area contributed by atoms with Crippen molar-refractivity contribution in [2.45, 2.75) is 33.5 Å². The lowest BCUT2D eigenvalue weighted by Crippen LogP contribution is -2.40. The maximum Gasteiger partial charge on any atom is 0.344 e. The van der Waals surface area contributed by atoms with E-state index in [0.717, 1.165) is 11.5 Å². The Morgan fingerprint density at radius 1 is 1.38 bits per heavy atom. The van der Waals surface area contributed by atoms with Crippen molar-refractivity contribution in [3.8, 4) is 5.88 Å². The summed E-state index contributed by atoms with van der Waals surface area (Å²) in [5, 5.41) is 24.3. The molecule has 0 aliphatic rings. The van der Waals surface area contributed by atoms with Gasteiger partial charge in [-0.05, 0) is 29.1 Å². The van der Waals surface area contributed by atoms with Gasteiger partial charge in [-0.25, -0.2) is 14.0 Å². The summed E-state index contributed by atoms with van der Waals surface area (Å²) in [5.74, 6) is -2.09. The number of aromatic carboxylic acids is 1. The number of hydrogen-bond acceptors (Lipinski definition) is 6. The molecule has 1 atom stereocenters. The zero-order valence-electron chi connectivity index (χ0n) is 16.0. The van der Waals surface area contributed by atoms with Crippen LogP contribution in [0.25, 0.3) is 0 Å². The number of amides is 2. The maximum absolute atomic E-state index is 13.9. The normalized spacial score (nSPS) is 12.3. The third kappa shape index (κ3) is 6.38. The van der Waals surface area contributed by atoms with Crippen molar-refractivity contribution >= 4 is 44.5 Å². The summed E-state index contributed by atoms with van der Waals surface area (Å²) >= 11 is 3.87. The largest absolute Gasteiger partial charge is 0.477 e. The first-order chi connectivity index (χ1) is 13.5. The number of urea groups is 1. The van der Waals surface area contributed by atoms with Gasteiger partial charge in [-0.1, -0.05) is 42.8 Å². The molecule has 0 saturated carbocycles. The predicted octanol–water partition coefficient (Wildman–Crippen LogP) is 3.85. The maximum atomic E-state index is 13.9. The fraction of sp³-hybridized carbons (Fsp3) is 0.389. The molecule has 1 heterocycles. The van der Waals surface area contributed by atoms with Gasteiger partial charge in [-0.15, -0.1) is 0 Å². The van der Waals surface area contributed by atoms with Gasteiger partial charge in [0.15, 0.2) is 5.56 Å².